The Hall–Kier alpha value is -1.84. The van der Waals surface area contributed by atoms with Gasteiger partial charge in [-0.3, -0.25) is 9.59 Å². The van der Waals surface area contributed by atoms with Crippen LogP contribution in [-0.4, -0.2) is 23.5 Å². The lowest BCUT2D eigenvalue weighted by molar-refractivity contribution is -0.137. The van der Waals surface area contributed by atoms with Crippen LogP contribution < -0.4 is 5.32 Å². The SMILES string of the molecule is O=C(O)CCCCNC(=O)CC1CCc2ccccc2C1. The van der Waals surface area contributed by atoms with Gasteiger partial charge >= 0.3 is 5.97 Å². The molecule has 1 aromatic carbocycles. The molecule has 0 fully saturated rings. The molecule has 4 nitrogen and oxygen atoms in total. The smallest absolute Gasteiger partial charge is 0.303 e. The summed E-state index contributed by atoms with van der Waals surface area (Å²) >= 11 is 0. The van der Waals surface area contributed by atoms with E-state index in [1.54, 1.807) is 0 Å². The van der Waals surface area contributed by atoms with Crippen LogP contribution in [0.1, 0.15) is 43.2 Å². The monoisotopic (exact) mass is 289 g/mol. The Kier molecular flexibility index (Phi) is 5.78. The zero-order chi connectivity index (χ0) is 15.1. The Bertz CT molecular complexity index is 499. The second-order valence-electron chi connectivity index (χ2n) is 5.78. The maximum absolute atomic E-state index is 11.9. The molecule has 1 aliphatic carbocycles. The highest BCUT2D eigenvalue weighted by Crippen LogP contribution is 2.27. The van der Waals surface area contributed by atoms with Crippen LogP contribution in [0.3, 0.4) is 0 Å². The number of nitrogens with one attached hydrogen (secondary N) is 1. The summed E-state index contributed by atoms with van der Waals surface area (Å²) in [5.41, 5.74) is 2.80. The van der Waals surface area contributed by atoms with Gasteiger partial charge in [0.2, 0.25) is 5.91 Å². The first-order valence-corrected chi connectivity index (χ1v) is 7.70. The minimum Gasteiger partial charge on any atom is -0.481 e. The Labute approximate surface area is 125 Å². The predicted molar refractivity (Wildman–Crippen MR) is 81.1 cm³/mol. The van der Waals surface area contributed by atoms with Crippen LogP contribution in [0.4, 0.5) is 0 Å². The largest absolute Gasteiger partial charge is 0.481 e. The van der Waals surface area contributed by atoms with Crippen molar-refractivity contribution in [3.8, 4) is 0 Å². The lowest BCUT2D eigenvalue weighted by atomic mass is 9.82. The zero-order valence-electron chi connectivity index (χ0n) is 12.3. The van der Waals surface area contributed by atoms with Crippen molar-refractivity contribution in [3.63, 3.8) is 0 Å². The fourth-order valence-corrected chi connectivity index (χ4v) is 2.91. The molecule has 0 saturated heterocycles. The number of carboxylic acid groups (broad SMARTS) is 1. The van der Waals surface area contributed by atoms with Crippen LogP contribution >= 0.6 is 0 Å². The molecule has 1 unspecified atom stereocenters. The summed E-state index contributed by atoms with van der Waals surface area (Å²) in [6.45, 7) is 0.579. The number of amides is 1. The minimum absolute atomic E-state index is 0.0923. The van der Waals surface area contributed by atoms with Crippen molar-refractivity contribution in [1.29, 1.82) is 0 Å². The molecule has 0 radical (unpaired) electrons. The van der Waals surface area contributed by atoms with Gasteiger partial charge in [-0.25, -0.2) is 0 Å². The molecule has 0 bridgehead atoms. The van der Waals surface area contributed by atoms with E-state index in [9.17, 15) is 9.59 Å². The summed E-state index contributed by atoms with van der Waals surface area (Å²) in [6.07, 6.45) is 5.22. The second kappa shape index (κ2) is 7.81. The third kappa shape index (κ3) is 5.21. The van der Waals surface area contributed by atoms with Crippen molar-refractivity contribution in [2.75, 3.05) is 6.54 Å². The van der Waals surface area contributed by atoms with Crippen LogP contribution in [0, 0.1) is 5.92 Å². The van der Waals surface area contributed by atoms with E-state index >= 15 is 0 Å². The van der Waals surface area contributed by atoms with Crippen molar-refractivity contribution < 1.29 is 14.7 Å². The van der Waals surface area contributed by atoms with Crippen LogP contribution in [-0.2, 0) is 22.4 Å². The van der Waals surface area contributed by atoms with E-state index in [2.05, 4.69) is 29.6 Å². The van der Waals surface area contributed by atoms with E-state index in [0.29, 0.717) is 25.3 Å². The van der Waals surface area contributed by atoms with Gasteiger partial charge in [-0.15, -0.1) is 0 Å². The first kappa shape index (κ1) is 15.5. The van der Waals surface area contributed by atoms with Crippen molar-refractivity contribution in [2.24, 2.45) is 5.92 Å². The van der Waals surface area contributed by atoms with Crippen LogP contribution in [0.2, 0.25) is 0 Å². The van der Waals surface area contributed by atoms with Crippen molar-refractivity contribution in [1.82, 2.24) is 5.32 Å². The van der Waals surface area contributed by atoms with Crippen LogP contribution in [0.25, 0.3) is 0 Å². The Morgan fingerprint density at radius 1 is 1.19 bits per heavy atom. The number of carbonyl (C=O) groups is 2. The number of hydrogen-bond donors (Lipinski definition) is 2. The highest BCUT2D eigenvalue weighted by atomic mass is 16.4. The second-order valence-corrected chi connectivity index (χ2v) is 5.78. The lowest BCUT2D eigenvalue weighted by Gasteiger charge is -2.24. The fourth-order valence-electron chi connectivity index (χ4n) is 2.91. The summed E-state index contributed by atoms with van der Waals surface area (Å²) in [7, 11) is 0. The standard InChI is InChI=1S/C17H23NO3/c19-16(18-10-4-3-7-17(20)21)12-13-8-9-14-5-1-2-6-15(14)11-13/h1-2,5-6,13H,3-4,7-12H2,(H,18,19)(H,20,21). The third-order valence-electron chi connectivity index (χ3n) is 4.06. The minimum atomic E-state index is -0.776. The molecule has 0 aromatic heterocycles. The van der Waals surface area contributed by atoms with E-state index in [-0.39, 0.29) is 12.3 Å². The highest BCUT2D eigenvalue weighted by Gasteiger charge is 2.20. The molecule has 0 heterocycles. The van der Waals surface area contributed by atoms with Crippen LogP contribution in [0.5, 0.6) is 0 Å². The first-order valence-electron chi connectivity index (χ1n) is 7.70. The first-order chi connectivity index (χ1) is 10.1. The molecule has 0 spiro atoms. The van der Waals surface area contributed by atoms with Gasteiger partial charge in [-0.1, -0.05) is 24.3 Å². The van der Waals surface area contributed by atoms with Gasteiger partial charge in [0.1, 0.15) is 0 Å². The van der Waals surface area contributed by atoms with Crippen LogP contribution in [0.15, 0.2) is 24.3 Å². The molecule has 2 rings (SSSR count). The molecule has 1 aromatic rings. The molecule has 1 amide bonds. The summed E-state index contributed by atoms with van der Waals surface area (Å²) in [6, 6.07) is 8.46. The van der Waals surface area contributed by atoms with Gasteiger partial charge in [-0.05, 0) is 49.1 Å². The van der Waals surface area contributed by atoms with Gasteiger partial charge in [0.05, 0.1) is 0 Å². The predicted octanol–water partition coefficient (Wildman–Crippen LogP) is 2.55. The molecule has 2 N–H and O–H groups in total. The maximum Gasteiger partial charge on any atom is 0.303 e. The average Bonchev–Trinajstić information content (AvgIpc) is 2.46. The molecular weight excluding hydrogens is 266 g/mol. The topological polar surface area (TPSA) is 66.4 Å². The Balaban J connectivity index is 1.66. The van der Waals surface area contributed by atoms with Crippen molar-refractivity contribution in [2.45, 2.75) is 44.9 Å². The quantitative estimate of drug-likeness (QED) is 0.758. The molecule has 0 saturated carbocycles. The number of unbranched alkanes of at least 4 members (excludes halogenated alkanes) is 1. The van der Waals surface area contributed by atoms with Crippen molar-refractivity contribution in [3.05, 3.63) is 35.4 Å². The molecule has 1 atom stereocenters. The van der Waals surface area contributed by atoms with E-state index < -0.39 is 5.97 Å². The number of carbonyl (C=O) groups excluding carboxylic acids is 1. The molecule has 4 heteroatoms. The van der Waals surface area contributed by atoms with Gasteiger partial charge < -0.3 is 10.4 Å². The lowest BCUT2D eigenvalue weighted by Crippen LogP contribution is -2.28. The Morgan fingerprint density at radius 3 is 2.71 bits per heavy atom. The van der Waals surface area contributed by atoms with Gasteiger partial charge in [-0.2, -0.15) is 0 Å². The summed E-state index contributed by atoms with van der Waals surface area (Å²) in [4.78, 5) is 22.3. The van der Waals surface area contributed by atoms with Crippen molar-refractivity contribution >= 4 is 11.9 Å². The number of hydrogen-bond acceptors (Lipinski definition) is 2. The summed E-state index contributed by atoms with van der Waals surface area (Å²) in [5, 5.41) is 11.4. The number of fused-ring (bicyclic) bond motifs is 1. The molecule has 1 aliphatic rings. The molecule has 21 heavy (non-hydrogen) atoms. The molecule has 0 aliphatic heterocycles. The normalized spacial score (nSPS) is 17.0. The van der Waals surface area contributed by atoms with E-state index in [4.69, 9.17) is 5.11 Å². The van der Waals surface area contributed by atoms with Gasteiger partial charge in [0.15, 0.2) is 0 Å². The number of carboxylic acids is 1. The molecular formula is C17H23NO3. The number of benzene rings is 1. The number of rotatable bonds is 7. The van der Waals surface area contributed by atoms with Gasteiger partial charge in [0, 0.05) is 19.4 Å². The average molecular weight is 289 g/mol. The highest BCUT2D eigenvalue weighted by molar-refractivity contribution is 5.76. The number of aliphatic carboxylic acids is 1. The maximum atomic E-state index is 11.9. The van der Waals surface area contributed by atoms with E-state index in [1.165, 1.54) is 11.1 Å². The molecule has 114 valence electrons. The van der Waals surface area contributed by atoms with E-state index in [1.807, 2.05) is 0 Å². The Morgan fingerprint density at radius 2 is 1.95 bits per heavy atom. The summed E-state index contributed by atoms with van der Waals surface area (Å²) < 4.78 is 0. The zero-order valence-corrected chi connectivity index (χ0v) is 12.3. The van der Waals surface area contributed by atoms with Gasteiger partial charge in [0.25, 0.3) is 0 Å². The fraction of sp³-hybridized carbons (Fsp3) is 0.529. The third-order valence-corrected chi connectivity index (χ3v) is 4.06. The summed E-state index contributed by atoms with van der Waals surface area (Å²) in [5.74, 6) is -0.254. The van der Waals surface area contributed by atoms with E-state index in [0.717, 1.165) is 25.7 Å². The number of aryl methyl sites for hydroxylation is 1.